The molecule has 0 aliphatic carbocycles. The minimum Gasteiger partial charge on any atom is -0.478 e. The molecule has 0 aliphatic rings. The maximum Gasteiger partial charge on any atom is 0.338 e. The zero-order valence-corrected chi connectivity index (χ0v) is 10.1. The van der Waals surface area contributed by atoms with Crippen molar-refractivity contribution in [3.63, 3.8) is 0 Å². The molecule has 4 nitrogen and oxygen atoms in total. The fraction of sp³-hybridized carbons (Fsp3) is 0.385. The molecule has 18 heavy (non-hydrogen) atoms. The van der Waals surface area contributed by atoms with Crippen molar-refractivity contribution >= 4 is 11.9 Å². The highest BCUT2D eigenvalue weighted by molar-refractivity contribution is 5.88. The van der Waals surface area contributed by atoms with Crippen LogP contribution >= 0.6 is 0 Å². The van der Waals surface area contributed by atoms with E-state index in [0.717, 1.165) is 31.4 Å². The number of hydrogen-bond acceptors (Lipinski definition) is 3. The molecule has 0 amide bonds. The van der Waals surface area contributed by atoms with Gasteiger partial charge >= 0.3 is 11.9 Å². The zero-order chi connectivity index (χ0) is 13.5. The van der Waals surface area contributed by atoms with Crippen LogP contribution in [0.2, 0.25) is 0 Å². The topological polar surface area (TPSA) is 63.6 Å². The van der Waals surface area contributed by atoms with E-state index < -0.39 is 23.3 Å². The fourth-order valence-corrected chi connectivity index (χ4v) is 1.43. The summed E-state index contributed by atoms with van der Waals surface area (Å²) in [4.78, 5) is 21.9. The maximum atomic E-state index is 13.3. The zero-order valence-electron chi connectivity index (χ0n) is 10.1. The second-order valence-electron chi connectivity index (χ2n) is 3.88. The first-order valence-corrected chi connectivity index (χ1v) is 5.78. The molecule has 5 heteroatoms. The number of rotatable bonds is 6. The molecule has 0 unspecified atom stereocenters. The van der Waals surface area contributed by atoms with Crippen molar-refractivity contribution in [3.05, 3.63) is 29.6 Å². The molecular weight excluding hydrogens is 239 g/mol. The van der Waals surface area contributed by atoms with Gasteiger partial charge in [0.15, 0.2) is 0 Å². The summed E-state index contributed by atoms with van der Waals surface area (Å²) in [5, 5.41) is 8.63. The number of ether oxygens (including phenoxy) is 1. The van der Waals surface area contributed by atoms with Crippen LogP contribution in [0.15, 0.2) is 18.2 Å². The van der Waals surface area contributed by atoms with Gasteiger partial charge in [-0.2, -0.15) is 0 Å². The highest BCUT2D eigenvalue weighted by atomic mass is 19.1. The molecule has 0 saturated heterocycles. The molecule has 0 aromatic heterocycles. The standard InChI is InChI=1S/C13H15FO4/c1-2-3-4-5-12(15)18-9-6-7-10(13(16)17)11(14)8-9/h6-8H,2-5H2,1H3,(H,16,17). The molecule has 0 radical (unpaired) electrons. The summed E-state index contributed by atoms with van der Waals surface area (Å²) in [6.07, 6.45) is 2.93. The van der Waals surface area contributed by atoms with E-state index in [1.54, 1.807) is 0 Å². The monoisotopic (exact) mass is 254 g/mol. The van der Waals surface area contributed by atoms with Gasteiger partial charge < -0.3 is 9.84 Å². The number of carboxylic acids is 1. The first-order chi connectivity index (χ1) is 8.54. The summed E-state index contributed by atoms with van der Waals surface area (Å²) in [5.41, 5.74) is -0.444. The molecule has 1 N–H and O–H groups in total. The summed E-state index contributed by atoms with van der Waals surface area (Å²) in [6.45, 7) is 2.02. The lowest BCUT2D eigenvalue weighted by Gasteiger charge is -2.05. The van der Waals surface area contributed by atoms with Gasteiger partial charge in [0.05, 0.1) is 5.56 Å². The van der Waals surface area contributed by atoms with Crippen LogP contribution in [-0.4, -0.2) is 17.0 Å². The highest BCUT2D eigenvalue weighted by Gasteiger charge is 2.12. The quantitative estimate of drug-likeness (QED) is 0.481. The first-order valence-electron chi connectivity index (χ1n) is 5.78. The molecule has 1 aromatic carbocycles. The van der Waals surface area contributed by atoms with Gasteiger partial charge in [-0.3, -0.25) is 4.79 Å². The smallest absolute Gasteiger partial charge is 0.338 e. The van der Waals surface area contributed by atoms with Crippen molar-refractivity contribution in [1.29, 1.82) is 0 Å². The average Bonchev–Trinajstić information content (AvgIpc) is 2.28. The number of carbonyl (C=O) groups excluding carboxylic acids is 1. The normalized spacial score (nSPS) is 10.1. The molecule has 98 valence electrons. The van der Waals surface area contributed by atoms with E-state index in [4.69, 9.17) is 9.84 Å². The van der Waals surface area contributed by atoms with E-state index in [9.17, 15) is 14.0 Å². The van der Waals surface area contributed by atoms with Gasteiger partial charge in [-0.05, 0) is 18.6 Å². The summed E-state index contributed by atoms with van der Waals surface area (Å²) in [5.74, 6) is -2.68. The Labute approximate surface area is 104 Å². The van der Waals surface area contributed by atoms with E-state index in [1.165, 1.54) is 6.07 Å². The summed E-state index contributed by atoms with van der Waals surface area (Å²) in [7, 11) is 0. The van der Waals surface area contributed by atoms with Crippen LogP contribution in [-0.2, 0) is 4.79 Å². The molecule has 0 heterocycles. The first kappa shape index (κ1) is 14.2. The minimum atomic E-state index is -1.35. The molecule has 0 spiro atoms. The fourth-order valence-electron chi connectivity index (χ4n) is 1.43. The van der Waals surface area contributed by atoms with E-state index >= 15 is 0 Å². The van der Waals surface area contributed by atoms with Crippen LogP contribution in [0.25, 0.3) is 0 Å². The van der Waals surface area contributed by atoms with Crippen LogP contribution in [0.3, 0.4) is 0 Å². The third-order valence-corrected chi connectivity index (χ3v) is 2.39. The highest BCUT2D eigenvalue weighted by Crippen LogP contribution is 2.17. The van der Waals surface area contributed by atoms with Gasteiger partial charge in [-0.1, -0.05) is 19.8 Å². The Morgan fingerprint density at radius 3 is 2.61 bits per heavy atom. The third kappa shape index (κ3) is 4.16. The second-order valence-corrected chi connectivity index (χ2v) is 3.88. The van der Waals surface area contributed by atoms with Crippen molar-refractivity contribution < 1.29 is 23.8 Å². The van der Waals surface area contributed by atoms with Gasteiger partial charge in [0.25, 0.3) is 0 Å². The summed E-state index contributed by atoms with van der Waals surface area (Å²) >= 11 is 0. The van der Waals surface area contributed by atoms with E-state index in [2.05, 4.69) is 0 Å². The lowest BCUT2D eigenvalue weighted by Crippen LogP contribution is -2.08. The van der Waals surface area contributed by atoms with Crippen LogP contribution in [0.5, 0.6) is 5.75 Å². The Balaban J connectivity index is 2.60. The largest absolute Gasteiger partial charge is 0.478 e. The Morgan fingerprint density at radius 2 is 2.06 bits per heavy atom. The summed E-state index contributed by atoms with van der Waals surface area (Å²) in [6, 6.07) is 3.25. The van der Waals surface area contributed by atoms with Gasteiger partial charge in [-0.25, -0.2) is 9.18 Å². The average molecular weight is 254 g/mol. The Kier molecular flexibility index (Phi) is 5.30. The number of carboxylic acid groups (broad SMARTS) is 1. The van der Waals surface area contributed by atoms with Gasteiger partial charge in [0.1, 0.15) is 11.6 Å². The predicted octanol–water partition coefficient (Wildman–Crippen LogP) is 3.01. The molecular formula is C13H15FO4. The van der Waals surface area contributed by atoms with Crippen LogP contribution < -0.4 is 4.74 Å². The van der Waals surface area contributed by atoms with Gasteiger partial charge in [0.2, 0.25) is 0 Å². The SMILES string of the molecule is CCCCCC(=O)Oc1ccc(C(=O)O)c(F)c1. The van der Waals surface area contributed by atoms with Crippen LogP contribution in [0.4, 0.5) is 4.39 Å². The lowest BCUT2D eigenvalue weighted by atomic mass is 10.2. The molecule has 0 fully saturated rings. The number of esters is 1. The lowest BCUT2D eigenvalue weighted by molar-refractivity contribution is -0.134. The van der Waals surface area contributed by atoms with E-state index in [0.29, 0.717) is 0 Å². The van der Waals surface area contributed by atoms with Crippen LogP contribution in [0, 0.1) is 5.82 Å². The maximum absolute atomic E-state index is 13.3. The predicted molar refractivity (Wildman–Crippen MR) is 63.1 cm³/mol. The third-order valence-electron chi connectivity index (χ3n) is 2.39. The Hall–Kier alpha value is -1.91. The molecule has 0 saturated carbocycles. The van der Waals surface area contributed by atoms with Crippen molar-refractivity contribution in [2.24, 2.45) is 0 Å². The molecule has 1 rings (SSSR count). The minimum absolute atomic E-state index is 0.0269. The van der Waals surface area contributed by atoms with Crippen LogP contribution in [0.1, 0.15) is 43.0 Å². The molecule has 0 bridgehead atoms. The number of carbonyl (C=O) groups is 2. The number of hydrogen-bond donors (Lipinski definition) is 1. The number of aromatic carboxylic acids is 1. The van der Waals surface area contributed by atoms with Crippen molar-refractivity contribution in [2.75, 3.05) is 0 Å². The van der Waals surface area contributed by atoms with Gasteiger partial charge in [-0.15, -0.1) is 0 Å². The van der Waals surface area contributed by atoms with Crippen molar-refractivity contribution in [3.8, 4) is 5.75 Å². The van der Waals surface area contributed by atoms with E-state index in [-0.39, 0.29) is 12.2 Å². The number of halogens is 1. The Bertz CT molecular complexity index is 443. The number of unbranched alkanes of at least 4 members (excludes halogenated alkanes) is 2. The van der Waals surface area contributed by atoms with Crippen molar-refractivity contribution in [1.82, 2.24) is 0 Å². The van der Waals surface area contributed by atoms with Crippen molar-refractivity contribution in [2.45, 2.75) is 32.6 Å². The second kappa shape index (κ2) is 6.74. The Morgan fingerprint density at radius 1 is 1.33 bits per heavy atom. The molecule has 0 atom stereocenters. The number of benzene rings is 1. The molecule has 1 aromatic rings. The summed E-state index contributed by atoms with van der Waals surface area (Å²) < 4.78 is 18.2. The van der Waals surface area contributed by atoms with Gasteiger partial charge in [0, 0.05) is 12.5 Å². The van der Waals surface area contributed by atoms with E-state index in [1.807, 2.05) is 6.92 Å². The molecule has 0 aliphatic heterocycles.